The van der Waals surface area contributed by atoms with Crippen molar-refractivity contribution in [1.82, 2.24) is 4.90 Å². The molecule has 0 aromatic heterocycles. The molecule has 0 aromatic rings. The predicted octanol–water partition coefficient (Wildman–Crippen LogP) is 2.64. The summed E-state index contributed by atoms with van der Waals surface area (Å²) >= 11 is 0. The predicted molar refractivity (Wildman–Crippen MR) is 83.5 cm³/mol. The molecule has 118 valence electrons. The van der Waals surface area contributed by atoms with Gasteiger partial charge < -0.3 is 10.6 Å². The Labute approximate surface area is 128 Å². The lowest BCUT2D eigenvalue weighted by Crippen LogP contribution is -2.56. The fourth-order valence-corrected chi connectivity index (χ4v) is 6.29. The Morgan fingerprint density at radius 3 is 2.24 bits per heavy atom. The zero-order valence-corrected chi connectivity index (χ0v) is 13.3. The van der Waals surface area contributed by atoms with Gasteiger partial charge in [-0.2, -0.15) is 0 Å². The van der Waals surface area contributed by atoms with Gasteiger partial charge in [0.25, 0.3) is 0 Å². The van der Waals surface area contributed by atoms with Crippen molar-refractivity contribution in [2.75, 3.05) is 13.1 Å². The van der Waals surface area contributed by atoms with Gasteiger partial charge in [-0.05, 0) is 74.5 Å². The van der Waals surface area contributed by atoms with E-state index in [9.17, 15) is 4.79 Å². The number of carbonyl (C=O) groups is 1. The van der Waals surface area contributed by atoms with E-state index in [-0.39, 0.29) is 0 Å². The molecule has 4 aliphatic carbocycles. The number of likely N-dealkylation sites (tertiary alicyclic amines) is 1. The molecule has 4 saturated carbocycles. The third kappa shape index (κ3) is 2.32. The molecule has 3 nitrogen and oxygen atoms in total. The third-order valence-corrected chi connectivity index (χ3v) is 7.05. The van der Waals surface area contributed by atoms with Crippen LogP contribution in [0, 0.1) is 35.5 Å². The van der Waals surface area contributed by atoms with E-state index in [2.05, 4.69) is 11.8 Å². The number of nitrogens with two attached hydrogens (primary N) is 1. The van der Waals surface area contributed by atoms with Gasteiger partial charge >= 0.3 is 0 Å². The monoisotopic (exact) mass is 290 g/mol. The van der Waals surface area contributed by atoms with Crippen LogP contribution in [0.4, 0.5) is 0 Å². The highest BCUT2D eigenvalue weighted by molar-refractivity contribution is 5.80. The molecule has 2 N–H and O–H groups in total. The molecular weight excluding hydrogens is 260 g/mol. The van der Waals surface area contributed by atoms with E-state index in [4.69, 9.17) is 5.73 Å². The van der Waals surface area contributed by atoms with Gasteiger partial charge in [-0.3, -0.25) is 4.79 Å². The molecule has 5 rings (SSSR count). The Balaban J connectivity index is 1.52. The SMILES string of the molecule is CC1CCN(C(=O)C2C3CC4CC(C3)CC2C4)C(CN)C1. The van der Waals surface area contributed by atoms with Crippen LogP contribution in [0.25, 0.3) is 0 Å². The average molecular weight is 290 g/mol. The second-order valence-corrected chi connectivity index (χ2v) is 8.51. The zero-order chi connectivity index (χ0) is 14.6. The van der Waals surface area contributed by atoms with E-state index in [0.29, 0.717) is 36.2 Å². The lowest BCUT2D eigenvalue weighted by Gasteiger charge is -2.55. The van der Waals surface area contributed by atoms with E-state index in [1.165, 1.54) is 32.1 Å². The van der Waals surface area contributed by atoms with Gasteiger partial charge in [-0.25, -0.2) is 0 Å². The Morgan fingerprint density at radius 1 is 1.05 bits per heavy atom. The lowest BCUT2D eigenvalue weighted by molar-refractivity contribution is -0.153. The number of carbonyl (C=O) groups excluding carboxylic acids is 1. The molecule has 1 aliphatic heterocycles. The Morgan fingerprint density at radius 2 is 1.67 bits per heavy atom. The summed E-state index contributed by atoms with van der Waals surface area (Å²) in [5.74, 6) is 4.84. The third-order valence-electron chi connectivity index (χ3n) is 7.05. The minimum atomic E-state index is 0.304. The minimum Gasteiger partial charge on any atom is -0.338 e. The lowest BCUT2D eigenvalue weighted by atomic mass is 9.51. The second-order valence-electron chi connectivity index (χ2n) is 8.51. The van der Waals surface area contributed by atoms with Gasteiger partial charge in [0, 0.05) is 25.0 Å². The highest BCUT2D eigenvalue weighted by Gasteiger charge is 2.52. The quantitative estimate of drug-likeness (QED) is 0.850. The van der Waals surface area contributed by atoms with Crippen LogP contribution in [0.2, 0.25) is 0 Å². The Kier molecular flexibility index (Phi) is 3.52. The van der Waals surface area contributed by atoms with Crippen molar-refractivity contribution in [2.45, 2.75) is 57.9 Å². The van der Waals surface area contributed by atoms with Crippen molar-refractivity contribution in [1.29, 1.82) is 0 Å². The minimum absolute atomic E-state index is 0.304. The van der Waals surface area contributed by atoms with Crippen LogP contribution in [0.15, 0.2) is 0 Å². The average Bonchev–Trinajstić information content (AvgIpc) is 2.45. The van der Waals surface area contributed by atoms with Crippen LogP contribution in [0.3, 0.4) is 0 Å². The van der Waals surface area contributed by atoms with Crippen molar-refractivity contribution in [3.63, 3.8) is 0 Å². The molecule has 4 bridgehead atoms. The summed E-state index contributed by atoms with van der Waals surface area (Å²) in [5, 5.41) is 0. The number of amides is 1. The summed E-state index contributed by atoms with van der Waals surface area (Å²) < 4.78 is 0. The normalized spacial score (nSPS) is 48.7. The number of hydrogen-bond acceptors (Lipinski definition) is 2. The van der Waals surface area contributed by atoms with Crippen molar-refractivity contribution >= 4 is 5.91 Å². The maximum atomic E-state index is 13.2. The van der Waals surface area contributed by atoms with E-state index in [1.54, 1.807) is 0 Å². The van der Waals surface area contributed by atoms with Crippen LogP contribution in [-0.4, -0.2) is 29.9 Å². The van der Waals surface area contributed by atoms with Gasteiger partial charge in [0.15, 0.2) is 0 Å². The first-order valence-electron chi connectivity index (χ1n) is 9.16. The summed E-state index contributed by atoms with van der Waals surface area (Å²) in [7, 11) is 0. The van der Waals surface area contributed by atoms with Crippen LogP contribution in [0.1, 0.15) is 51.9 Å². The van der Waals surface area contributed by atoms with Crippen molar-refractivity contribution < 1.29 is 4.79 Å². The van der Waals surface area contributed by atoms with Gasteiger partial charge in [0.1, 0.15) is 0 Å². The number of rotatable bonds is 2. The number of piperidine rings is 1. The van der Waals surface area contributed by atoms with E-state index >= 15 is 0 Å². The van der Waals surface area contributed by atoms with E-state index in [1.807, 2.05) is 0 Å². The maximum absolute atomic E-state index is 13.2. The van der Waals surface area contributed by atoms with Gasteiger partial charge in [0.05, 0.1) is 0 Å². The van der Waals surface area contributed by atoms with Crippen LogP contribution in [0.5, 0.6) is 0 Å². The Hall–Kier alpha value is -0.570. The van der Waals surface area contributed by atoms with Gasteiger partial charge in [-0.15, -0.1) is 0 Å². The summed E-state index contributed by atoms with van der Waals surface area (Å²) in [6, 6.07) is 0.304. The van der Waals surface area contributed by atoms with E-state index < -0.39 is 0 Å². The molecule has 21 heavy (non-hydrogen) atoms. The van der Waals surface area contributed by atoms with Crippen molar-refractivity contribution in [2.24, 2.45) is 41.2 Å². The molecule has 1 saturated heterocycles. The van der Waals surface area contributed by atoms with Crippen LogP contribution < -0.4 is 5.73 Å². The largest absolute Gasteiger partial charge is 0.338 e. The van der Waals surface area contributed by atoms with Crippen LogP contribution >= 0.6 is 0 Å². The van der Waals surface area contributed by atoms with Gasteiger partial charge in [0.2, 0.25) is 5.91 Å². The summed E-state index contributed by atoms with van der Waals surface area (Å²) in [5.41, 5.74) is 5.97. The smallest absolute Gasteiger partial charge is 0.226 e. The summed E-state index contributed by atoms with van der Waals surface area (Å²) in [4.78, 5) is 15.4. The fourth-order valence-electron chi connectivity index (χ4n) is 6.29. The molecule has 0 radical (unpaired) electrons. The molecule has 2 unspecified atom stereocenters. The molecule has 1 amide bonds. The first-order chi connectivity index (χ1) is 10.2. The molecule has 1 heterocycles. The zero-order valence-electron chi connectivity index (χ0n) is 13.3. The summed E-state index contributed by atoms with van der Waals surface area (Å²) in [6.07, 6.45) is 9.06. The number of nitrogens with zero attached hydrogens (tertiary/aromatic N) is 1. The maximum Gasteiger partial charge on any atom is 0.226 e. The molecular formula is C18H30N2O. The topological polar surface area (TPSA) is 46.3 Å². The molecule has 5 fully saturated rings. The Bertz CT molecular complexity index is 393. The highest BCUT2D eigenvalue weighted by Crippen LogP contribution is 2.57. The molecule has 5 aliphatic rings. The van der Waals surface area contributed by atoms with Crippen molar-refractivity contribution in [3.05, 3.63) is 0 Å². The highest BCUT2D eigenvalue weighted by atomic mass is 16.2. The first kappa shape index (κ1) is 14.0. The van der Waals surface area contributed by atoms with Gasteiger partial charge in [-0.1, -0.05) is 6.92 Å². The standard InChI is InChI=1S/C18H30N2O/c1-11-2-3-20(16(4-11)10-19)18(21)17-14-6-12-5-13(8-14)9-15(17)7-12/h11-17H,2-10,19H2,1H3. The molecule has 0 spiro atoms. The molecule has 3 heteroatoms. The fraction of sp³-hybridized carbons (Fsp3) is 0.944. The van der Waals surface area contributed by atoms with E-state index in [0.717, 1.165) is 37.1 Å². The summed E-state index contributed by atoms with van der Waals surface area (Å²) in [6.45, 7) is 3.89. The first-order valence-corrected chi connectivity index (χ1v) is 9.16. The second kappa shape index (κ2) is 5.26. The number of hydrogen-bond donors (Lipinski definition) is 1. The van der Waals surface area contributed by atoms with Crippen LogP contribution in [-0.2, 0) is 4.79 Å². The van der Waals surface area contributed by atoms with Crippen molar-refractivity contribution in [3.8, 4) is 0 Å². The molecule has 2 atom stereocenters. The molecule has 0 aromatic carbocycles.